The SMILES string of the molecule is CC1(C)[C@@H]2C(Cl)(Cl)[C@@]2(C)c2ccccc2N1C(=O)c1ccccc1. The number of hydrogen-bond donors (Lipinski definition) is 0. The molecule has 1 heterocycles. The zero-order valence-corrected chi connectivity index (χ0v) is 15.4. The third-order valence-electron chi connectivity index (χ3n) is 5.76. The molecule has 1 aliphatic carbocycles. The van der Waals surface area contributed by atoms with Crippen molar-refractivity contribution in [1.82, 2.24) is 0 Å². The fourth-order valence-electron chi connectivity index (χ4n) is 4.64. The highest BCUT2D eigenvalue weighted by Gasteiger charge is 2.81. The first kappa shape index (κ1) is 16.0. The number of carbonyl (C=O) groups excluding carboxylic acids is 1. The molecule has 1 saturated carbocycles. The van der Waals surface area contributed by atoms with Crippen LogP contribution < -0.4 is 4.90 Å². The summed E-state index contributed by atoms with van der Waals surface area (Å²) in [7, 11) is 0. The van der Waals surface area contributed by atoms with E-state index in [0.29, 0.717) is 5.56 Å². The monoisotopic (exact) mass is 359 g/mol. The average molecular weight is 360 g/mol. The van der Waals surface area contributed by atoms with E-state index in [-0.39, 0.29) is 17.2 Å². The highest BCUT2D eigenvalue weighted by atomic mass is 35.5. The van der Waals surface area contributed by atoms with E-state index in [1.54, 1.807) is 0 Å². The summed E-state index contributed by atoms with van der Waals surface area (Å²) in [6.45, 7) is 6.21. The lowest BCUT2D eigenvalue weighted by Crippen LogP contribution is -2.54. The molecule has 0 unspecified atom stereocenters. The molecule has 4 rings (SSSR count). The van der Waals surface area contributed by atoms with Crippen LogP contribution in [0.4, 0.5) is 5.69 Å². The summed E-state index contributed by atoms with van der Waals surface area (Å²) < 4.78 is -0.877. The van der Waals surface area contributed by atoms with Gasteiger partial charge in [0.1, 0.15) is 4.33 Å². The van der Waals surface area contributed by atoms with Gasteiger partial charge in [0.2, 0.25) is 0 Å². The first-order valence-corrected chi connectivity index (χ1v) is 8.86. The Morgan fingerprint density at radius 3 is 2.21 bits per heavy atom. The molecule has 0 bridgehead atoms. The van der Waals surface area contributed by atoms with Gasteiger partial charge in [0.15, 0.2) is 0 Å². The van der Waals surface area contributed by atoms with Crippen molar-refractivity contribution in [3.8, 4) is 0 Å². The van der Waals surface area contributed by atoms with Crippen LogP contribution >= 0.6 is 23.2 Å². The van der Waals surface area contributed by atoms with E-state index in [9.17, 15) is 4.79 Å². The van der Waals surface area contributed by atoms with Gasteiger partial charge < -0.3 is 4.90 Å². The Morgan fingerprint density at radius 2 is 1.54 bits per heavy atom. The summed E-state index contributed by atoms with van der Waals surface area (Å²) in [5.74, 6) is -0.0467. The van der Waals surface area contributed by atoms with Gasteiger partial charge in [-0.15, -0.1) is 23.2 Å². The molecule has 2 aromatic carbocycles. The van der Waals surface area contributed by atoms with Crippen LogP contribution in [-0.4, -0.2) is 15.8 Å². The topological polar surface area (TPSA) is 20.3 Å². The van der Waals surface area contributed by atoms with Crippen molar-refractivity contribution in [2.45, 2.75) is 36.1 Å². The number of anilines is 1. The van der Waals surface area contributed by atoms with Crippen molar-refractivity contribution >= 4 is 34.8 Å². The van der Waals surface area contributed by atoms with Gasteiger partial charge in [0.25, 0.3) is 5.91 Å². The van der Waals surface area contributed by atoms with E-state index in [2.05, 4.69) is 20.8 Å². The fourth-order valence-corrected chi connectivity index (χ4v) is 5.93. The molecule has 0 radical (unpaired) electrons. The second-order valence-electron chi connectivity index (χ2n) is 7.44. The van der Waals surface area contributed by atoms with Gasteiger partial charge >= 0.3 is 0 Å². The Kier molecular flexibility index (Phi) is 3.18. The van der Waals surface area contributed by atoms with Gasteiger partial charge in [-0.3, -0.25) is 4.79 Å². The van der Waals surface area contributed by atoms with E-state index >= 15 is 0 Å². The smallest absolute Gasteiger partial charge is 0.258 e. The van der Waals surface area contributed by atoms with Gasteiger partial charge in [-0.2, -0.15) is 0 Å². The number of halogens is 2. The molecule has 0 spiro atoms. The summed E-state index contributed by atoms with van der Waals surface area (Å²) in [5.41, 5.74) is 1.78. The molecule has 1 amide bonds. The minimum absolute atomic E-state index is 0.0221. The van der Waals surface area contributed by atoms with Gasteiger partial charge in [-0.05, 0) is 37.6 Å². The lowest BCUT2D eigenvalue weighted by atomic mass is 9.79. The predicted molar refractivity (Wildman–Crippen MR) is 99.1 cm³/mol. The molecule has 0 aromatic heterocycles. The molecular formula is C20H19Cl2NO. The van der Waals surface area contributed by atoms with Gasteiger partial charge in [0.05, 0.1) is 0 Å². The molecule has 4 heteroatoms. The molecule has 0 saturated heterocycles. The Balaban J connectivity index is 1.93. The Bertz CT molecular complexity index is 831. The maximum absolute atomic E-state index is 13.3. The van der Waals surface area contributed by atoms with Crippen LogP contribution in [0.25, 0.3) is 0 Å². The van der Waals surface area contributed by atoms with Gasteiger partial charge in [0, 0.05) is 28.1 Å². The van der Waals surface area contributed by atoms with Crippen LogP contribution in [0, 0.1) is 5.92 Å². The first-order valence-electron chi connectivity index (χ1n) is 8.11. The van der Waals surface area contributed by atoms with Crippen LogP contribution in [-0.2, 0) is 5.41 Å². The molecule has 0 N–H and O–H groups in total. The summed E-state index contributed by atoms with van der Waals surface area (Å²) in [5, 5.41) is 0. The predicted octanol–water partition coefficient (Wildman–Crippen LogP) is 5.19. The number of rotatable bonds is 1. The Morgan fingerprint density at radius 1 is 0.958 bits per heavy atom. The van der Waals surface area contributed by atoms with Crippen LogP contribution in [0.1, 0.15) is 36.7 Å². The normalized spacial score (nSPS) is 28.7. The van der Waals surface area contributed by atoms with E-state index in [0.717, 1.165) is 11.3 Å². The third-order valence-corrected chi connectivity index (χ3v) is 6.98. The number of alkyl halides is 2. The maximum Gasteiger partial charge on any atom is 0.258 e. The zero-order valence-electron chi connectivity index (χ0n) is 13.9. The standard InChI is InChI=1S/C20H19Cl2NO/c1-18(2)17-19(3,20(17,21)22)14-11-7-8-12-15(14)23(18)16(24)13-9-5-4-6-10-13/h4-12,17H,1-3H3/t17-,19-/m0/s1. The van der Waals surface area contributed by atoms with Crippen molar-refractivity contribution in [3.05, 3.63) is 65.7 Å². The Hall–Kier alpha value is -1.51. The number of hydrogen-bond acceptors (Lipinski definition) is 1. The lowest BCUT2D eigenvalue weighted by molar-refractivity contribution is 0.0950. The molecule has 124 valence electrons. The molecule has 2 aromatic rings. The first-order chi connectivity index (χ1) is 11.2. The van der Waals surface area contributed by atoms with E-state index in [1.165, 1.54) is 0 Å². The van der Waals surface area contributed by atoms with E-state index < -0.39 is 9.87 Å². The second-order valence-corrected chi connectivity index (χ2v) is 8.82. The molecule has 2 nitrogen and oxygen atoms in total. The number of fused-ring (bicyclic) bond motifs is 3. The number of carbonyl (C=O) groups is 1. The third kappa shape index (κ3) is 1.76. The van der Waals surface area contributed by atoms with Crippen LogP contribution in [0.5, 0.6) is 0 Å². The van der Waals surface area contributed by atoms with E-state index in [4.69, 9.17) is 23.2 Å². The summed E-state index contributed by atoms with van der Waals surface area (Å²) in [4.78, 5) is 15.2. The number of benzene rings is 2. The van der Waals surface area contributed by atoms with Crippen molar-refractivity contribution in [2.75, 3.05) is 4.90 Å². The van der Waals surface area contributed by atoms with Gasteiger partial charge in [-0.1, -0.05) is 43.3 Å². The minimum atomic E-state index is -0.877. The lowest BCUT2D eigenvalue weighted by Gasteiger charge is -2.45. The van der Waals surface area contributed by atoms with Crippen LogP contribution in [0.2, 0.25) is 0 Å². The molecule has 24 heavy (non-hydrogen) atoms. The van der Waals surface area contributed by atoms with Crippen molar-refractivity contribution in [3.63, 3.8) is 0 Å². The molecule has 2 atom stereocenters. The largest absolute Gasteiger partial charge is 0.302 e. The average Bonchev–Trinajstić information content (AvgIpc) is 3.03. The number of amides is 1. The fraction of sp³-hybridized carbons (Fsp3) is 0.350. The summed E-state index contributed by atoms with van der Waals surface area (Å²) >= 11 is 13.4. The highest BCUT2D eigenvalue weighted by Crippen LogP contribution is 2.76. The van der Waals surface area contributed by atoms with Crippen molar-refractivity contribution in [1.29, 1.82) is 0 Å². The molecule has 1 aliphatic heterocycles. The van der Waals surface area contributed by atoms with E-state index in [1.807, 2.05) is 59.5 Å². The number of para-hydroxylation sites is 1. The molecule has 1 fully saturated rings. The zero-order chi connectivity index (χ0) is 17.3. The quantitative estimate of drug-likeness (QED) is 0.641. The molecular weight excluding hydrogens is 341 g/mol. The van der Waals surface area contributed by atoms with Crippen molar-refractivity contribution in [2.24, 2.45) is 5.92 Å². The van der Waals surface area contributed by atoms with Gasteiger partial charge in [-0.25, -0.2) is 0 Å². The highest BCUT2D eigenvalue weighted by molar-refractivity contribution is 6.53. The second kappa shape index (κ2) is 4.77. The van der Waals surface area contributed by atoms with Crippen LogP contribution in [0.3, 0.4) is 0 Å². The molecule has 2 aliphatic rings. The number of nitrogens with zero attached hydrogens (tertiary/aromatic N) is 1. The summed E-state index contributed by atoms with van der Waals surface area (Å²) in [6, 6.07) is 17.3. The van der Waals surface area contributed by atoms with Crippen LogP contribution in [0.15, 0.2) is 54.6 Å². The van der Waals surface area contributed by atoms with Crippen molar-refractivity contribution < 1.29 is 4.79 Å². The minimum Gasteiger partial charge on any atom is -0.302 e. The maximum atomic E-state index is 13.3. The summed E-state index contributed by atoms with van der Waals surface area (Å²) in [6.07, 6.45) is 0. The Labute approximate surface area is 152 Å².